The molecule has 1 heterocycles. The third-order valence-electron chi connectivity index (χ3n) is 5.11. The predicted molar refractivity (Wildman–Crippen MR) is 97.0 cm³/mol. The normalized spacial score (nSPS) is 17.0. The first kappa shape index (κ1) is 17.8. The van der Waals surface area contributed by atoms with Crippen molar-refractivity contribution in [3.05, 3.63) is 35.3 Å². The minimum absolute atomic E-state index is 0.154. The van der Waals surface area contributed by atoms with Crippen molar-refractivity contribution in [2.45, 2.75) is 65.0 Å². The number of fused-ring (bicyclic) bond motifs is 1. The maximum absolute atomic E-state index is 13.5. The number of amides is 2. The number of carbonyl (C=O) groups excluding carboxylic acids is 1. The second-order valence-electron chi connectivity index (χ2n) is 7.41. The highest BCUT2D eigenvalue weighted by Crippen LogP contribution is 2.33. The monoisotopic (exact) mass is 346 g/mol. The molecule has 0 spiro atoms. The van der Waals surface area contributed by atoms with Gasteiger partial charge >= 0.3 is 6.03 Å². The maximum atomic E-state index is 13.5. The van der Waals surface area contributed by atoms with Gasteiger partial charge in [-0.1, -0.05) is 33.1 Å². The number of carbonyl (C=O) groups is 1. The Morgan fingerprint density at radius 2 is 1.96 bits per heavy atom. The molecule has 4 nitrogen and oxygen atoms in total. The number of nitrogens with one attached hydrogen (secondary N) is 2. The molecule has 2 aromatic rings. The topological polar surface area (TPSA) is 54.3 Å². The van der Waals surface area contributed by atoms with E-state index in [0.717, 1.165) is 23.8 Å². The van der Waals surface area contributed by atoms with Gasteiger partial charge in [0.05, 0.1) is 6.04 Å². The van der Waals surface area contributed by atoms with Crippen molar-refractivity contribution >= 4 is 17.0 Å². The van der Waals surface area contributed by atoms with E-state index in [9.17, 15) is 9.18 Å². The Morgan fingerprint density at radius 3 is 2.64 bits per heavy atom. The summed E-state index contributed by atoms with van der Waals surface area (Å²) in [7, 11) is 0. The van der Waals surface area contributed by atoms with Crippen LogP contribution in [0.2, 0.25) is 0 Å². The summed E-state index contributed by atoms with van der Waals surface area (Å²) in [5, 5.41) is 6.90. The molecule has 1 aromatic heterocycles. The van der Waals surface area contributed by atoms with E-state index < -0.39 is 0 Å². The van der Waals surface area contributed by atoms with Gasteiger partial charge in [0.15, 0.2) is 0 Å². The van der Waals surface area contributed by atoms with E-state index >= 15 is 0 Å². The van der Waals surface area contributed by atoms with Gasteiger partial charge in [-0.05, 0) is 43.9 Å². The Morgan fingerprint density at radius 1 is 1.24 bits per heavy atom. The summed E-state index contributed by atoms with van der Waals surface area (Å²) in [6, 6.07) is 4.36. The van der Waals surface area contributed by atoms with Crippen molar-refractivity contribution in [3.63, 3.8) is 0 Å². The SMILES string of the molecule is Cc1c(C(NC(=O)NC2CCCCC2)C(C)C)oc2ccc(F)cc12. The molecule has 0 saturated heterocycles. The summed E-state index contributed by atoms with van der Waals surface area (Å²) in [6.45, 7) is 5.99. The second-order valence-corrected chi connectivity index (χ2v) is 7.41. The van der Waals surface area contributed by atoms with E-state index in [1.54, 1.807) is 6.07 Å². The highest BCUT2D eigenvalue weighted by molar-refractivity contribution is 5.82. The third kappa shape index (κ3) is 3.97. The molecule has 1 aliphatic rings. The summed E-state index contributed by atoms with van der Waals surface area (Å²) >= 11 is 0. The molecule has 136 valence electrons. The fraction of sp³-hybridized carbons (Fsp3) is 0.550. The molecule has 1 unspecified atom stereocenters. The smallest absolute Gasteiger partial charge is 0.315 e. The molecule has 2 amide bonds. The van der Waals surface area contributed by atoms with E-state index in [2.05, 4.69) is 10.6 Å². The Balaban J connectivity index is 1.79. The fourth-order valence-corrected chi connectivity index (χ4v) is 3.66. The van der Waals surface area contributed by atoms with Crippen molar-refractivity contribution in [2.75, 3.05) is 0 Å². The van der Waals surface area contributed by atoms with Crippen LogP contribution in [0.5, 0.6) is 0 Å². The molecule has 0 bridgehead atoms. The summed E-state index contributed by atoms with van der Waals surface area (Å²) in [5.41, 5.74) is 1.53. The van der Waals surface area contributed by atoms with E-state index in [1.807, 2.05) is 20.8 Å². The van der Waals surface area contributed by atoms with E-state index in [0.29, 0.717) is 11.3 Å². The molecule has 0 aliphatic heterocycles. The third-order valence-corrected chi connectivity index (χ3v) is 5.11. The molecule has 0 radical (unpaired) electrons. The lowest BCUT2D eigenvalue weighted by Crippen LogP contribution is -2.45. The van der Waals surface area contributed by atoms with Gasteiger partial charge < -0.3 is 15.1 Å². The van der Waals surface area contributed by atoms with Gasteiger partial charge in [0.25, 0.3) is 0 Å². The lowest BCUT2D eigenvalue weighted by molar-refractivity contribution is 0.222. The predicted octanol–water partition coefficient (Wildman–Crippen LogP) is 5.21. The molecule has 2 N–H and O–H groups in total. The number of furan rings is 1. The molecule has 3 rings (SSSR count). The van der Waals surface area contributed by atoms with Crippen LogP contribution in [0, 0.1) is 18.7 Å². The first-order valence-corrected chi connectivity index (χ1v) is 9.21. The van der Waals surface area contributed by atoms with Crippen LogP contribution in [0.1, 0.15) is 63.3 Å². The van der Waals surface area contributed by atoms with E-state index in [-0.39, 0.29) is 29.8 Å². The van der Waals surface area contributed by atoms with Gasteiger partial charge in [0, 0.05) is 17.0 Å². The fourth-order valence-electron chi connectivity index (χ4n) is 3.66. The van der Waals surface area contributed by atoms with Crippen LogP contribution in [0.4, 0.5) is 9.18 Å². The highest BCUT2D eigenvalue weighted by Gasteiger charge is 2.26. The number of urea groups is 1. The van der Waals surface area contributed by atoms with Crippen LogP contribution < -0.4 is 10.6 Å². The molecule has 1 saturated carbocycles. The lowest BCUT2D eigenvalue weighted by atomic mass is 9.95. The molecule has 1 fully saturated rings. The maximum Gasteiger partial charge on any atom is 0.315 e. The summed E-state index contributed by atoms with van der Waals surface area (Å²) in [4.78, 5) is 12.5. The van der Waals surface area contributed by atoms with Crippen LogP contribution in [-0.2, 0) is 0 Å². The van der Waals surface area contributed by atoms with Crippen LogP contribution in [-0.4, -0.2) is 12.1 Å². The first-order valence-electron chi connectivity index (χ1n) is 9.21. The number of hydrogen-bond acceptors (Lipinski definition) is 2. The van der Waals surface area contributed by atoms with Crippen molar-refractivity contribution in [1.82, 2.24) is 10.6 Å². The quantitative estimate of drug-likeness (QED) is 0.798. The zero-order chi connectivity index (χ0) is 18.0. The van der Waals surface area contributed by atoms with Gasteiger partial charge in [0.2, 0.25) is 0 Å². The minimum Gasteiger partial charge on any atom is -0.459 e. The lowest BCUT2D eigenvalue weighted by Gasteiger charge is -2.26. The Labute approximate surface area is 148 Å². The Kier molecular flexibility index (Phi) is 5.30. The zero-order valence-electron chi connectivity index (χ0n) is 15.2. The van der Waals surface area contributed by atoms with Crippen LogP contribution in [0.3, 0.4) is 0 Å². The summed E-state index contributed by atoms with van der Waals surface area (Å²) in [5.74, 6) is 0.572. The van der Waals surface area contributed by atoms with Crippen LogP contribution in [0.25, 0.3) is 11.0 Å². The van der Waals surface area contributed by atoms with E-state index in [4.69, 9.17) is 4.42 Å². The van der Waals surface area contributed by atoms with Crippen molar-refractivity contribution in [1.29, 1.82) is 0 Å². The molecular weight excluding hydrogens is 319 g/mol. The van der Waals surface area contributed by atoms with Gasteiger partial charge in [0.1, 0.15) is 17.2 Å². The Hall–Kier alpha value is -2.04. The number of rotatable bonds is 4. The Bertz CT molecular complexity index is 747. The van der Waals surface area contributed by atoms with Gasteiger partial charge in [-0.25, -0.2) is 9.18 Å². The summed E-state index contributed by atoms with van der Waals surface area (Å²) < 4.78 is 19.5. The second kappa shape index (κ2) is 7.46. The van der Waals surface area contributed by atoms with Crippen LogP contribution in [0.15, 0.2) is 22.6 Å². The largest absolute Gasteiger partial charge is 0.459 e. The van der Waals surface area contributed by atoms with Crippen molar-refractivity contribution < 1.29 is 13.6 Å². The average molecular weight is 346 g/mol. The first-order chi connectivity index (χ1) is 12.0. The van der Waals surface area contributed by atoms with Gasteiger partial charge in [-0.15, -0.1) is 0 Å². The zero-order valence-corrected chi connectivity index (χ0v) is 15.2. The molecular formula is C20H27FN2O2. The molecule has 1 aliphatic carbocycles. The van der Waals surface area contributed by atoms with Gasteiger partial charge in [-0.2, -0.15) is 0 Å². The summed E-state index contributed by atoms with van der Waals surface area (Å²) in [6.07, 6.45) is 5.69. The molecule has 1 aromatic carbocycles. The van der Waals surface area contributed by atoms with Crippen LogP contribution >= 0.6 is 0 Å². The molecule has 1 atom stereocenters. The number of benzene rings is 1. The standard InChI is InChI=1S/C20H27FN2O2/c1-12(2)18(23-20(24)22-15-7-5-4-6-8-15)19-13(3)16-11-14(21)9-10-17(16)25-19/h9-12,15,18H,4-8H2,1-3H3,(H2,22,23,24). The average Bonchev–Trinajstić information content (AvgIpc) is 2.90. The van der Waals surface area contributed by atoms with Gasteiger partial charge in [-0.3, -0.25) is 0 Å². The minimum atomic E-state index is -0.285. The number of aryl methyl sites for hydroxylation is 1. The van der Waals surface area contributed by atoms with Crippen molar-refractivity contribution in [3.8, 4) is 0 Å². The van der Waals surface area contributed by atoms with Crippen molar-refractivity contribution in [2.24, 2.45) is 5.92 Å². The number of hydrogen-bond donors (Lipinski definition) is 2. The molecule has 5 heteroatoms. The highest BCUT2D eigenvalue weighted by atomic mass is 19.1. The van der Waals surface area contributed by atoms with E-state index in [1.165, 1.54) is 31.4 Å². The molecule has 25 heavy (non-hydrogen) atoms. The number of halogens is 1.